The van der Waals surface area contributed by atoms with Gasteiger partial charge in [-0.25, -0.2) is 4.68 Å². The number of benzene rings is 2. The van der Waals surface area contributed by atoms with Crippen LogP contribution in [0.2, 0.25) is 5.02 Å². The van der Waals surface area contributed by atoms with Crippen LogP contribution in [-0.4, -0.2) is 63.4 Å². The zero-order chi connectivity index (χ0) is 20.9. The highest BCUT2D eigenvalue weighted by Gasteiger charge is 2.26. The molecule has 1 aliphatic rings. The molecule has 1 fully saturated rings. The molecule has 154 valence electrons. The van der Waals surface area contributed by atoms with Gasteiger partial charge in [-0.05, 0) is 30.7 Å². The van der Waals surface area contributed by atoms with Crippen molar-refractivity contribution in [2.75, 3.05) is 32.7 Å². The van der Waals surface area contributed by atoms with Gasteiger partial charge in [0.15, 0.2) is 5.69 Å². The van der Waals surface area contributed by atoms with Crippen molar-refractivity contribution in [3.63, 3.8) is 0 Å². The summed E-state index contributed by atoms with van der Waals surface area (Å²) in [6.45, 7) is 5.78. The molecule has 0 saturated carbocycles. The lowest BCUT2D eigenvalue weighted by Gasteiger charge is -2.33. The lowest BCUT2D eigenvalue weighted by atomic mass is 10.2. The Balaban J connectivity index is 1.35. The van der Waals surface area contributed by atoms with Crippen molar-refractivity contribution >= 4 is 23.6 Å². The maximum absolute atomic E-state index is 13.0. The molecule has 6 nitrogen and oxygen atoms in total. The highest BCUT2D eigenvalue weighted by molar-refractivity contribution is 6.30. The van der Waals surface area contributed by atoms with E-state index in [1.54, 1.807) is 16.8 Å². The molecule has 2 heterocycles. The molecule has 30 heavy (non-hydrogen) atoms. The summed E-state index contributed by atoms with van der Waals surface area (Å²) >= 11 is 6.08. The van der Waals surface area contributed by atoms with Crippen molar-refractivity contribution in [2.24, 2.45) is 0 Å². The second-order valence-corrected chi connectivity index (χ2v) is 7.76. The topological polar surface area (TPSA) is 54.3 Å². The van der Waals surface area contributed by atoms with Crippen LogP contribution in [0, 0.1) is 6.92 Å². The Morgan fingerprint density at radius 3 is 2.57 bits per heavy atom. The van der Waals surface area contributed by atoms with Crippen LogP contribution in [0.5, 0.6) is 0 Å². The van der Waals surface area contributed by atoms with Gasteiger partial charge >= 0.3 is 0 Å². The van der Waals surface area contributed by atoms with Crippen LogP contribution in [0.25, 0.3) is 11.8 Å². The number of piperazine rings is 1. The van der Waals surface area contributed by atoms with Crippen molar-refractivity contribution < 1.29 is 4.79 Å². The molecule has 2 aromatic carbocycles. The molecule has 0 unspecified atom stereocenters. The Hall–Kier alpha value is -2.96. The Morgan fingerprint density at radius 2 is 1.83 bits per heavy atom. The first-order chi connectivity index (χ1) is 14.6. The molecule has 4 rings (SSSR count). The maximum Gasteiger partial charge on any atom is 0.276 e. The largest absolute Gasteiger partial charge is 0.335 e. The summed E-state index contributed by atoms with van der Waals surface area (Å²) in [5.74, 6) is -0.0692. The average Bonchev–Trinajstić information content (AvgIpc) is 3.16. The van der Waals surface area contributed by atoms with E-state index < -0.39 is 0 Å². The number of carbonyl (C=O) groups is 1. The zero-order valence-electron chi connectivity index (χ0n) is 16.9. The SMILES string of the molecule is Cc1c(C(=O)N2CCN(CC=Cc3ccccc3)CC2)nnn1-c1cccc(Cl)c1. The molecule has 0 spiro atoms. The van der Waals surface area contributed by atoms with E-state index in [-0.39, 0.29) is 5.91 Å². The van der Waals surface area contributed by atoms with Gasteiger partial charge in [0.2, 0.25) is 0 Å². The molecule has 0 atom stereocenters. The molecule has 7 heteroatoms. The smallest absolute Gasteiger partial charge is 0.276 e. The van der Waals surface area contributed by atoms with E-state index in [0.717, 1.165) is 31.0 Å². The van der Waals surface area contributed by atoms with Gasteiger partial charge in [-0.2, -0.15) is 0 Å². The average molecular weight is 422 g/mol. The minimum absolute atomic E-state index is 0.0692. The summed E-state index contributed by atoms with van der Waals surface area (Å²) in [4.78, 5) is 17.2. The highest BCUT2D eigenvalue weighted by Crippen LogP contribution is 2.18. The molecule has 1 amide bonds. The number of amides is 1. The fraction of sp³-hybridized carbons (Fsp3) is 0.261. The monoisotopic (exact) mass is 421 g/mol. The molecular weight excluding hydrogens is 398 g/mol. The molecule has 0 bridgehead atoms. The van der Waals surface area contributed by atoms with Gasteiger partial charge in [-0.3, -0.25) is 9.69 Å². The normalized spacial score (nSPS) is 15.1. The Bertz CT molecular complexity index is 1040. The number of aromatic nitrogens is 3. The lowest BCUT2D eigenvalue weighted by Crippen LogP contribution is -2.48. The molecule has 1 aromatic heterocycles. The first kappa shape index (κ1) is 20.3. The van der Waals surface area contributed by atoms with Crippen LogP contribution < -0.4 is 0 Å². The van der Waals surface area contributed by atoms with Gasteiger partial charge in [-0.1, -0.05) is 65.4 Å². The molecule has 3 aromatic rings. The third-order valence-electron chi connectivity index (χ3n) is 5.28. The van der Waals surface area contributed by atoms with Crippen molar-refractivity contribution in [3.8, 4) is 5.69 Å². The second kappa shape index (κ2) is 9.24. The quantitative estimate of drug-likeness (QED) is 0.630. The fourth-order valence-corrected chi connectivity index (χ4v) is 3.75. The van der Waals surface area contributed by atoms with Gasteiger partial charge in [0.05, 0.1) is 11.4 Å². The van der Waals surface area contributed by atoms with Crippen LogP contribution in [0.1, 0.15) is 21.7 Å². The van der Waals surface area contributed by atoms with Crippen molar-refractivity contribution in [1.29, 1.82) is 0 Å². The van der Waals surface area contributed by atoms with Crippen LogP contribution in [-0.2, 0) is 0 Å². The van der Waals surface area contributed by atoms with Gasteiger partial charge < -0.3 is 4.90 Å². The van der Waals surface area contributed by atoms with Gasteiger partial charge in [0.1, 0.15) is 0 Å². The Morgan fingerprint density at radius 1 is 1.07 bits per heavy atom. The van der Waals surface area contributed by atoms with Gasteiger partial charge in [0, 0.05) is 37.7 Å². The van der Waals surface area contributed by atoms with Crippen molar-refractivity contribution in [1.82, 2.24) is 24.8 Å². The van der Waals surface area contributed by atoms with Crippen LogP contribution in [0.3, 0.4) is 0 Å². The zero-order valence-corrected chi connectivity index (χ0v) is 17.7. The van der Waals surface area contributed by atoms with E-state index in [2.05, 4.69) is 39.5 Å². The standard InChI is InChI=1S/C23H24ClN5O/c1-18-22(25-26-29(18)21-11-5-10-20(24)17-21)23(30)28-15-13-27(14-16-28)12-6-9-19-7-3-2-4-8-19/h2-11,17H,12-16H2,1H3. The van der Waals surface area contributed by atoms with E-state index in [9.17, 15) is 4.79 Å². The fourth-order valence-electron chi connectivity index (χ4n) is 3.57. The third kappa shape index (κ3) is 4.61. The molecule has 0 N–H and O–H groups in total. The van der Waals surface area contributed by atoms with E-state index >= 15 is 0 Å². The molecule has 1 aliphatic heterocycles. The molecule has 0 radical (unpaired) electrons. The number of halogens is 1. The number of hydrogen-bond acceptors (Lipinski definition) is 4. The predicted octanol–water partition coefficient (Wildman–Crippen LogP) is 3.70. The summed E-state index contributed by atoms with van der Waals surface area (Å²) in [7, 11) is 0. The van der Waals surface area contributed by atoms with E-state index in [4.69, 9.17) is 11.6 Å². The summed E-state index contributed by atoms with van der Waals surface area (Å²) in [6.07, 6.45) is 4.31. The summed E-state index contributed by atoms with van der Waals surface area (Å²) in [5, 5.41) is 8.94. The molecule has 0 aliphatic carbocycles. The first-order valence-corrected chi connectivity index (χ1v) is 10.4. The lowest BCUT2D eigenvalue weighted by molar-refractivity contribution is 0.0643. The third-order valence-corrected chi connectivity index (χ3v) is 5.52. The highest BCUT2D eigenvalue weighted by atomic mass is 35.5. The van der Waals surface area contributed by atoms with Crippen LogP contribution >= 0.6 is 11.6 Å². The molecular formula is C23H24ClN5O. The van der Waals surface area contributed by atoms with E-state index in [1.165, 1.54) is 5.56 Å². The number of nitrogens with zero attached hydrogens (tertiary/aromatic N) is 5. The summed E-state index contributed by atoms with van der Waals surface area (Å²) in [5.41, 5.74) is 3.11. The van der Waals surface area contributed by atoms with Crippen LogP contribution in [0.4, 0.5) is 0 Å². The van der Waals surface area contributed by atoms with Crippen molar-refractivity contribution in [2.45, 2.75) is 6.92 Å². The summed E-state index contributed by atoms with van der Waals surface area (Å²) in [6, 6.07) is 17.6. The minimum atomic E-state index is -0.0692. The summed E-state index contributed by atoms with van der Waals surface area (Å²) < 4.78 is 1.66. The van der Waals surface area contributed by atoms with Gasteiger partial charge in [-0.15, -0.1) is 5.10 Å². The number of carbonyl (C=O) groups excluding carboxylic acids is 1. The second-order valence-electron chi connectivity index (χ2n) is 7.32. The number of hydrogen-bond donors (Lipinski definition) is 0. The Kier molecular flexibility index (Phi) is 6.26. The first-order valence-electron chi connectivity index (χ1n) is 10.0. The minimum Gasteiger partial charge on any atom is -0.335 e. The number of rotatable bonds is 5. The van der Waals surface area contributed by atoms with E-state index in [0.29, 0.717) is 23.8 Å². The Labute approximate surface area is 181 Å². The predicted molar refractivity (Wildman–Crippen MR) is 119 cm³/mol. The maximum atomic E-state index is 13.0. The van der Waals surface area contributed by atoms with Crippen LogP contribution in [0.15, 0.2) is 60.7 Å². The molecule has 1 saturated heterocycles. The van der Waals surface area contributed by atoms with E-state index in [1.807, 2.05) is 42.2 Å². The van der Waals surface area contributed by atoms with Crippen molar-refractivity contribution in [3.05, 3.63) is 82.6 Å². The van der Waals surface area contributed by atoms with Gasteiger partial charge in [0.25, 0.3) is 5.91 Å².